The molecule has 1 aliphatic carbocycles. The van der Waals surface area contributed by atoms with Crippen molar-refractivity contribution in [3.05, 3.63) is 35.9 Å². The quantitative estimate of drug-likeness (QED) is 0.0849. The molecule has 1 saturated carbocycles. The van der Waals surface area contributed by atoms with Crippen LogP contribution in [0.4, 0.5) is 0 Å². The van der Waals surface area contributed by atoms with E-state index in [1.165, 1.54) is 12.1 Å². The molecule has 0 radical (unpaired) electrons. The highest BCUT2D eigenvalue weighted by Gasteiger charge is 2.36. The Hall–Kier alpha value is -4.82. The van der Waals surface area contributed by atoms with Crippen LogP contribution in [-0.4, -0.2) is 82.1 Å². The van der Waals surface area contributed by atoms with Crippen LogP contribution < -0.4 is 26.6 Å². The third-order valence-corrected chi connectivity index (χ3v) is 9.95. The predicted molar refractivity (Wildman–Crippen MR) is 204 cm³/mol. The first-order valence-electron chi connectivity index (χ1n) is 19.3. The predicted octanol–water partition coefficient (Wildman–Crippen LogP) is 3.41. The van der Waals surface area contributed by atoms with Gasteiger partial charge in [0.25, 0.3) is 5.91 Å². The van der Waals surface area contributed by atoms with Crippen molar-refractivity contribution in [2.75, 3.05) is 6.54 Å². The number of benzene rings is 1. The molecule has 15 heteroatoms. The fourth-order valence-electron chi connectivity index (χ4n) is 6.81. The zero-order valence-corrected chi connectivity index (χ0v) is 33.1. The Morgan fingerprint density at radius 3 is 1.95 bits per heavy atom. The monoisotopic (exact) mass is 771 g/mol. The summed E-state index contributed by atoms with van der Waals surface area (Å²) >= 11 is 0. The number of rotatable bonds is 22. The van der Waals surface area contributed by atoms with Crippen molar-refractivity contribution in [2.24, 2.45) is 23.2 Å². The Balaban J connectivity index is 2.15. The molecule has 1 fully saturated rings. The van der Waals surface area contributed by atoms with Gasteiger partial charge in [0.2, 0.25) is 29.4 Å². The number of carboxylic acid groups (broad SMARTS) is 2. The van der Waals surface area contributed by atoms with E-state index in [9.17, 15) is 48.6 Å². The molecule has 0 bridgehead atoms. The maximum Gasteiger partial charge on any atom is 0.330 e. The van der Waals surface area contributed by atoms with Crippen LogP contribution in [0.3, 0.4) is 0 Å². The highest BCUT2D eigenvalue weighted by atomic mass is 16.4. The van der Waals surface area contributed by atoms with Crippen LogP contribution in [0.25, 0.3) is 0 Å². The molecular weight excluding hydrogens is 710 g/mol. The van der Waals surface area contributed by atoms with Gasteiger partial charge in [0, 0.05) is 12.8 Å². The second-order valence-electron chi connectivity index (χ2n) is 16.0. The fourth-order valence-corrected chi connectivity index (χ4v) is 6.81. The SMILES string of the molecule is CCCC(NC(=O)[C@H](CC(C)C)NC(=O)[C@@H](NC(=O)CCC(CC(=O)O)C(C)(C)C)C1CCCCC1)C(=O)C(=O)NCC(=O)NC(C(=O)O)c1ccccc1. The average Bonchev–Trinajstić information content (AvgIpc) is 3.12. The highest BCUT2D eigenvalue weighted by Crippen LogP contribution is 2.33. The summed E-state index contributed by atoms with van der Waals surface area (Å²) in [7, 11) is 0. The van der Waals surface area contributed by atoms with Gasteiger partial charge in [-0.2, -0.15) is 0 Å². The third kappa shape index (κ3) is 16.2. The Morgan fingerprint density at radius 2 is 1.40 bits per heavy atom. The van der Waals surface area contributed by atoms with E-state index < -0.39 is 72.1 Å². The molecular formula is C40H61N5O10. The minimum atomic E-state index is -1.38. The molecule has 2 rings (SSSR count). The molecule has 15 nitrogen and oxygen atoms in total. The second kappa shape index (κ2) is 22.5. The van der Waals surface area contributed by atoms with Crippen LogP contribution in [0.15, 0.2) is 30.3 Å². The molecule has 0 spiro atoms. The van der Waals surface area contributed by atoms with Crippen molar-refractivity contribution in [1.82, 2.24) is 26.6 Å². The summed E-state index contributed by atoms with van der Waals surface area (Å²) in [5.74, 6) is -7.41. The average molecular weight is 772 g/mol. The van der Waals surface area contributed by atoms with Crippen LogP contribution in [0.1, 0.15) is 124 Å². The number of nitrogens with one attached hydrogen (secondary N) is 5. The normalized spacial score (nSPS) is 16.1. The molecule has 0 aliphatic heterocycles. The lowest BCUT2D eigenvalue weighted by Crippen LogP contribution is -2.58. The van der Waals surface area contributed by atoms with E-state index in [1.807, 2.05) is 34.6 Å². The number of hydrogen-bond donors (Lipinski definition) is 7. The van der Waals surface area contributed by atoms with Crippen LogP contribution >= 0.6 is 0 Å². The number of Topliss-reactive ketones (excluding diaryl/α,β-unsaturated/α-hetero) is 1. The van der Waals surface area contributed by atoms with Crippen LogP contribution in [0.2, 0.25) is 0 Å². The largest absolute Gasteiger partial charge is 0.481 e. The summed E-state index contributed by atoms with van der Waals surface area (Å²) in [5.41, 5.74) is -0.0364. The first-order chi connectivity index (χ1) is 25.8. The molecule has 1 aromatic rings. The summed E-state index contributed by atoms with van der Waals surface area (Å²) in [6.45, 7) is 10.5. The first-order valence-corrected chi connectivity index (χ1v) is 19.3. The molecule has 306 valence electrons. The van der Waals surface area contributed by atoms with Gasteiger partial charge in [0.05, 0.1) is 12.6 Å². The van der Waals surface area contributed by atoms with Crippen molar-refractivity contribution >= 4 is 47.3 Å². The van der Waals surface area contributed by atoms with Gasteiger partial charge in [0.1, 0.15) is 12.1 Å². The molecule has 5 amide bonds. The van der Waals surface area contributed by atoms with E-state index in [-0.39, 0.29) is 54.8 Å². The van der Waals surface area contributed by atoms with E-state index in [4.69, 9.17) is 0 Å². The Kier molecular flexibility index (Phi) is 19.0. The van der Waals surface area contributed by atoms with Gasteiger partial charge in [-0.15, -0.1) is 0 Å². The summed E-state index contributed by atoms with van der Waals surface area (Å²) in [6.07, 6.45) is 5.10. The molecule has 0 saturated heterocycles. The Labute approximate surface area is 323 Å². The van der Waals surface area contributed by atoms with Crippen LogP contribution in [0, 0.1) is 23.2 Å². The number of ketones is 1. The Bertz CT molecular complexity index is 1490. The third-order valence-electron chi connectivity index (χ3n) is 9.95. The minimum Gasteiger partial charge on any atom is -0.481 e. The van der Waals surface area contributed by atoms with Gasteiger partial charge in [-0.05, 0) is 60.8 Å². The summed E-state index contributed by atoms with van der Waals surface area (Å²) in [6, 6.07) is 3.26. The molecule has 3 unspecified atom stereocenters. The molecule has 5 atom stereocenters. The van der Waals surface area contributed by atoms with Gasteiger partial charge in [-0.1, -0.05) is 97.6 Å². The van der Waals surface area contributed by atoms with Crippen molar-refractivity contribution in [3.8, 4) is 0 Å². The molecule has 1 aliphatic rings. The van der Waals surface area contributed by atoms with Gasteiger partial charge >= 0.3 is 11.9 Å². The zero-order chi connectivity index (χ0) is 41.3. The van der Waals surface area contributed by atoms with E-state index in [2.05, 4.69) is 26.6 Å². The maximum absolute atomic E-state index is 13.9. The lowest BCUT2D eigenvalue weighted by Gasteiger charge is -2.32. The first kappa shape index (κ1) is 46.3. The number of hydrogen-bond acceptors (Lipinski definition) is 8. The second-order valence-corrected chi connectivity index (χ2v) is 16.0. The standard InChI is InChI=1S/C40H61N5O10/c1-7-14-28(35(50)38(53)41-23-31(47)45-34(39(54)55)26-17-12-9-13-18-26)42-36(51)29(21-24(2)3)43-37(52)33(25-15-10-8-11-16-25)44-30(46)20-19-27(22-32(48)49)40(4,5)6/h9,12-13,17-18,24-25,27-29,33-34H,7-8,10-11,14-16,19-23H2,1-6H3,(H,41,53)(H,42,51)(H,43,52)(H,44,46)(H,45,47)(H,48,49)(H,54,55)/t27?,28?,29-,33-,34?/m0/s1. The van der Waals surface area contributed by atoms with Crippen molar-refractivity contribution < 1.29 is 48.6 Å². The summed E-state index contributed by atoms with van der Waals surface area (Å²) < 4.78 is 0. The smallest absolute Gasteiger partial charge is 0.330 e. The van der Waals surface area contributed by atoms with E-state index in [0.717, 1.165) is 19.3 Å². The van der Waals surface area contributed by atoms with E-state index in [0.29, 0.717) is 31.2 Å². The minimum absolute atomic E-state index is 0.0271. The maximum atomic E-state index is 13.9. The van der Waals surface area contributed by atoms with Gasteiger partial charge < -0.3 is 36.8 Å². The van der Waals surface area contributed by atoms with Crippen LogP contribution in [-0.2, 0) is 38.4 Å². The number of carbonyl (C=O) groups excluding carboxylic acids is 6. The van der Waals surface area contributed by atoms with Crippen molar-refractivity contribution in [2.45, 2.75) is 136 Å². The number of amides is 5. The highest BCUT2D eigenvalue weighted by molar-refractivity contribution is 6.38. The number of carboxylic acids is 2. The van der Waals surface area contributed by atoms with Crippen LogP contribution in [0.5, 0.6) is 0 Å². The summed E-state index contributed by atoms with van der Waals surface area (Å²) in [5, 5.41) is 31.8. The number of carbonyl (C=O) groups is 8. The molecule has 0 heterocycles. The van der Waals surface area contributed by atoms with E-state index >= 15 is 0 Å². The lowest BCUT2D eigenvalue weighted by molar-refractivity contribution is -0.142. The van der Waals surface area contributed by atoms with E-state index in [1.54, 1.807) is 25.1 Å². The van der Waals surface area contributed by atoms with Gasteiger partial charge in [0.15, 0.2) is 6.04 Å². The topological polar surface area (TPSA) is 237 Å². The summed E-state index contributed by atoms with van der Waals surface area (Å²) in [4.78, 5) is 103. The molecule has 1 aromatic carbocycles. The Morgan fingerprint density at radius 1 is 0.782 bits per heavy atom. The fraction of sp³-hybridized carbons (Fsp3) is 0.650. The number of aliphatic carboxylic acids is 2. The van der Waals surface area contributed by atoms with Gasteiger partial charge in [-0.25, -0.2) is 4.79 Å². The van der Waals surface area contributed by atoms with Crippen molar-refractivity contribution in [3.63, 3.8) is 0 Å². The van der Waals surface area contributed by atoms with Crippen molar-refractivity contribution in [1.29, 1.82) is 0 Å². The molecule has 0 aromatic heterocycles. The zero-order valence-electron chi connectivity index (χ0n) is 33.1. The molecule has 7 N–H and O–H groups in total. The van der Waals surface area contributed by atoms with Gasteiger partial charge in [-0.3, -0.25) is 33.6 Å². The molecule has 55 heavy (non-hydrogen) atoms. The lowest BCUT2D eigenvalue weighted by atomic mass is 9.76.